The summed E-state index contributed by atoms with van der Waals surface area (Å²) in [7, 11) is 0. The number of aromatic nitrogens is 2. The number of benzene rings is 1. The third-order valence-electron chi connectivity index (χ3n) is 3.66. The van der Waals surface area contributed by atoms with Crippen LogP contribution in [0, 0.1) is 20.8 Å². The topological polar surface area (TPSA) is 54.9 Å². The fourth-order valence-electron chi connectivity index (χ4n) is 2.49. The predicted molar refractivity (Wildman–Crippen MR) is 82.6 cm³/mol. The highest BCUT2D eigenvalue weighted by Crippen LogP contribution is 2.37. The molecule has 1 N–H and O–H groups in total. The number of hydrogen-bond acceptors (Lipinski definition) is 3. The second kappa shape index (κ2) is 5.28. The van der Waals surface area contributed by atoms with Crippen molar-refractivity contribution in [2.75, 3.05) is 5.32 Å². The Bertz CT molecular complexity index is 685. The smallest absolute Gasteiger partial charge is 0.259 e. The molecule has 0 aliphatic heterocycles. The minimum atomic E-state index is -0.153. The van der Waals surface area contributed by atoms with Crippen molar-refractivity contribution < 1.29 is 4.79 Å². The molecule has 1 heterocycles. The van der Waals surface area contributed by atoms with Gasteiger partial charge in [0, 0.05) is 17.8 Å². The number of hydrogen-bond donors (Lipinski definition) is 1. The average molecular weight is 281 g/mol. The molecule has 21 heavy (non-hydrogen) atoms. The van der Waals surface area contributed by atoms with Gasteiger partial charge in [0.25, 0.3) is 5.91 Å². The van der Waals surface area contributed by atoms with Gasteiger partial charge in [-0.3, -0.25) is 4.79 Å². The van der Waals surface area contributed by atoms with E-state index in [2.05, 4.69) is 21.4 Å². The number of rotatable bonds is 3. The summed E-state index contributed by atoms with van der Waals surface area (Å²) in [5, 5.41) is 2.93. The summed E-state index contributed by atoms with van der Waals surface area (Å²) < 4.78 is 0. The van der Waals surface area contributed by atoms with Crippen LogP contribution in [0.5, 0.6) is 0 Å². The SMILES string of the molecule is Cc1cc(C)cc(NC(=O)c2cnc(C3CC3)nc2C)c1. The number of anilines is 1. The summed E-state index contributed by atoms with van der Waals surface area (Å²) in [5.41, 5.74) is 4.35. The van der Waals surface area contributed by atoms with E-state index in [1.54, 1.807) is 6.20 Å². The third-order valence-corrected chi connectivity index (χ3v) is 3.66. The van der Waals surface area contributed by atoms with Crippen LogP contribution in [0.25, 0.3) is 0 Å². The van der Waals surface area contributed by atoms with Crippen molar-refractivity contribution >= 4 is 11.6 Å². The lowest BCUT2D eigenvalue weighted by Crippen LogP contribution is -2.15. The van der Waals surface area contributed by atoms with E-state index in [-0.39, 0.29) is 5.91 Å². The normalized spacial score (nSPS) is 14.0. The molecule has 0 unspecified atom stereocenters. The van der Waals surface area contributed by atoms with E-state index in [4.69, 9.17) is 0 Å². The van der Waals surface area contributed by atoms with Gasteiger partial charge >= 0.3 is 0 Å². The van der Waals surface area contributed by atoms with Gasteiger partial charge in [-0.1, -0.05) is 6.07 Å². The van der Waals surface area contributed by atoms with Gasteiger partial charge in [-0.25, -0.2) is 9.97 Å². The molecule has 1 saturated carbocycles. The van der Waals surface area contributed by atoms with Gasteiger partial charge in [-0.2, -0.15) is 0 Å². The maximum atomic E-state index is 12.4. The summed E-state index contributed by atoms with van der Waals surface area (Å²) >= 11 is 0. The molecule has 3 rings (SSSR count). The van der Waals surface area contributed by atoms with Crippen LogP contribution in [0.1, 0.15) is 51.8 Å². The van der Waals surface area contributed by atoms with Gasteiger partial charge < -0.3 is 5.32 Å². The first-order chi connectivity index (χ1) is 10.0. The number of nitrogens with zero attached hydrogens (tertiary/aromatic N) is 2. The lowest BCUT2D eigenvalue weighted by molar-refractivity contribution is 0.102. The third kappa shape index (κ3) is 3.10. The van der Waals surface area contributed by atoms with Gasteiger partial charge in [0.2, 0.25) is 0 Å². The summed E-state index contributed by atoms with van der Waals surface area (Å²) in [6.45, 7) is 5.90. The lowest BCUT2D eigenvalue weighted by atomic mass is 10.1. The first kappa shape index (κ1) is 13.7. The van der Waals surface area contributed by atoms with E-state index in [1.165, 1.54) is 0 Å². The number of carbonyl (C=O) groups excluding carboxylic acids is 1. The molecule has 1 fully saturated rings. The van der Waals surface area contributed by atoms with Gasteiger partial charge in [0.1, 0.15) is 5.82 Å². The Kier molecular flexibility index (Phi) is 3.45. The Hall–Kier alpha value is -2.23. The molecule has 1 aromatic heterocycles. The minimum absolute atomic E-state index is 0.153. The average Bonchev–Trinajstić information content (AvgIpc) is 3.21. The molecule has 0 saturated heterocycles. The van der Waals surface area contributed by atoms with Crippen LogP contribution in [0.4, 0.5) is 5.69 Å². The van der Waals surface area contributed by atoms with Crippen LogP contribution in [0.3, 0.4) is 0 Å². The van der Waals surface area contributed by atoms with Crippen LogP contribution < -0.4 is 5.32 Å². The van der Waals surface area contributed by atoms with Crippen LogP contribution in [0.15, 0.2) is 24.4 Å². The number of amides is 1. The largest absolute Gasteiger partial charge is 0.322 e. The highest BCUT2D eigenvalue weighted by molar-refractivity contribution is 6.04. The Morgan fingerprint density at radius 3 is 2.38 bits per heavy atom. The predicted octanol–water partition coefficient (Wildman–Crippen LogP) is 3.53. The molecule has 4 heteroatoms. The molecule has 0 atom stereocenters. The summed E-state index contributed by atoms with van der Waals surface area (Å²) in [6.07, 6.45) is 3.97. The quantitative estimate of drug-likeness (QED) is 0.936. The zero-order valence-electron chi connectivity index (χ0n) is 12.6. The van der Waals surface area contributed by atoms with Crippen molar-refractivity contribution in [3.63, 3.8) is 0 Å². The molecule has 0 radical (unpaired) electrons. The Morgan fingerprint density at radius 2 is 1.81 bits per heavy atom. The second-order valence-electron chi connectivity index (χ2n) is 5.83. The van der Waals surface area contributed by atoms with Gasteiger partial charge in [-0.05, 0) is 56.9 Å². The van der Waals surface area contributed by atoms with Crippen molar-refractivity contribution in [2.24, 2.45) is 0 Å². The van der Waals surface area contributed by atoms with E-state index >= 15 is 0 Å². The number of aryl methyl sites for hydroxylation is 3. The highest BCUT2D eigenvalue weighted by Gasteiger charge is 2.27. The number of carbonyl (C=O) groups is 1. The number of nitrogens with one attached hydrogen (secondary N) is 1. The van der Waals surface area contributed by atoms with Crippen molar-refractivity contribution in [1.29, 1.82) is 0 Å². The Balaban J connectivity index is 1.81. The Morgan fingerprint density at radius 1 is 1.14 bits per heavy atom. The van der Waals surface area contributed by atoms with Crippen LogP contribution in [-0.2, 0) is 0 Å². The molecule has 108 valence electrons. The molecule has 1 aliphatic carbocycles. The van der Waals surface area contributed by atoms with E-state index in [0.29, 0.717) is 11.5 Å². The monoisotopic (exact) mass is 281 g/mol. The molecule has 0 bridgehead atoms. The van der Waals surface area contributed by atoms with Crippen molar-refractivity contribution in [3.05, 3.63) is 52.6 Å². The molecule has 0 spiro atoms. The van der Waals surface area contributed by atoms with Crippen molar-refractivity contribution in [2.45, 2.75) is 39.5 Å². The maximum Gasteiger partial charge on any atom is 0.259 e. The van der Waals surface area contributed by atoms with Crippen LogP contribution >= 0.6 is 0 Å². The van der Waals surface area contributed by atoms with E-state index < -0.39 is 0 Å². The highest BCUT2D eigenvalue weighted by atomic mass is 16.1. The molecule has 2 aromatic rings. The first-order valence-electron chi connectivity index (χ1n) is 7.26. The van der Waals surface area contributed by atoms with E-state index in [0.717, 1.165) is 41.2 Å². The fraction of sp³-hybridized carbons (Fsp3) is 0.353. The van der Waals surface area contributed by atoms with E-state index in [9.17, 15) is 4.79 Å². The molecular formula is C17H19N3O. The molecule has 1 aromatic carbocycles. The van der Waals surface area contributed by atoms with Crippen molar-refractivity contribution in [3.8, 4) is 0 Å². The summed E-state index contributed by atoms with van der Waals surface area (Å²) in [4.78, 5) is 21.2. The lowest BCUT2D eigenvalue weighted by Gasteiger charge is -2.09. The van der Waals surface area contributed by atoms with Gasteiger partial charge in [0.15, 0.2) is 0 Å². The molecule has 1 aliphatic rings. The zero-order valence-corrected chi connectivity index (χ0v) is 12.6. The van der Waals surface area contributed by atoms with Gasteiger partial charge in [-0.15, -0.1) is 0 Å². The molecule has 4 nitrogen and oxygen atoms in total. The first-order valence-corrected chi connectivity index (χ1v) is 7.26. The molecule has 1 amide bonds. The minimum Gasteiger partial charge on any atom is -0.322 e. The second-order valence-corrected chi connectivity index (χ2v) is 5.83. The zero-order chi connectivity index (χ0) is 15.0. The van der Waals surface area contributed by atoms with E-state index in [1.807, 2.05) is 32.9 Å². The van der Waals surface area contributed by atoms with Crippen LogP contribution in [-0.4, -0.2) is 15.9 Å². The fourth-order valence-corrected chi connectivity index (χ4v) is 2.49. The Labute approximate surface area is 124 Å². The summed E-state index contributed by atoms with van der Waals surface area (Å²) in [5.74, 6) is 1.22. The van der Waals surface area contributed by atoms with Crippen LogP contribution in [0.2, 0.25) is 0 Å². The summed E-state index contributed by atoms with van der Waals surface area (Å²) in [6, 6.07) is 5.99. The maximum absolute atomic E-state index is 12.4. The molecular weight excluding hydrogens is 262 g/mol. The standard InChI is InChI=1S/C17H19N3O/c1-10-6-11(2)8-14(7-10)20-17(21)15-9-18-16(13-4-5-13)19-12(15)3/h6-9,13H,4-5H2,1-3H3,(H,20,21). The van der Waals surface area contributed by atoms with Crippen molar-refractivity contribution in [1.82, 2.24) is 9.97 Å². The van der Waals surface area contributed by atoms with Gasteiger partial charge in [0.05, 0.1) is 11.3 Å².